The Morgan fingerprint density at radius 3 is 2.60 bits per heavy atom. The zero-order valence-corrected chi connectivity index (χ0v) is 17.1. The zero-order valence-electron chi connectivity index (χ0n) is 17.1. The highest BCUT2D eigenvalue weighted by Gasteiger charge is 2.34. The van der Waals surface area contributed by atoms with Gasteiger partial charge in [0.2, 0.25) is 0 Å². The average Bonchev–Trinajstić information content (AvgIpc) is 2.66. The Morgan fingerprint density at radius 2 is 1.88 bits per heavy atom. The van der Waals surface area contributed by atoms with Crippen molar-refractivity contribution in [2.24, 2.45) is 11.8 Å². The fraction of sp³-hybridized carbons (Fsp3) is 0.760. The fourth-order valence-corrected chi connectivity index (χ4v) is 5.52. The second-order valence-corrected chi connectivity index (χ2v) is 9.29. The van der Waals surface area contributed by atoms with Crippen LogP contribution in [0.2, 0.25) is 0 Å². The molecule has 1 fully saturated rings. The van der Waals surface area contributed by atoms with Gasteiger partial charge in [0.05, 0.1) is 0 Å². The van der Waals surface area contributed by atoms with Crippen molar-refractivity contribution in [1.29, 1.82) is 0 Å². The molecule has 2 unspecified atom stereocenters. The standard InChI is InChI=1S/C25H40/c1-4-6-14-25(15-8-7-9-16-25)24-13-12-22-18-21(17-20(3)5-2)10-11-23(22)19-24/h12-13,19-21H,4-11,14-18H2,1-3H3. The minimum Gasteiger partial charge on any atom is -0.0654 e. The van der Waals surface area contributed by atoms with E-state index in [9.17, 15) is 0 Å². The lowest BCUT2D eigenvalue weighted by Gasteiger charge is -2.39. The third kappa shape index (κ3) is 4.50. The van der Waals surface area contributed by atoms with Crippen LogP contribution < -0.4 is 0 Å². The van der Waals surface area contributed by atoms with Crippen molar-refractivity contribution in [1.82, 2.24) is 0 Å². The Hall–Kier alpha value is -0.780. The summed E-state index contributed by atoms with van der Waals surface area (Å²) in [5, 5.41) is 0. The molecule has 0 aromatic heterocycles. The molecule has 0 N–H and O–H groups in total. The highest BCUT2D eigenvalue weighted by atomic mass is 14.4. The van der Waals surface area contributed by atoms with Crippen LogP contribution >= 0.6 is 0 Å². The molecule has 2 atom stereocenters. The molecule has 0 amide bonds. The number of fused-ring (bicyclic) bond motifs is 1. The first-order valence-electron chi connectivity index (χ1n) is 11.3. The van der Waals surface area contributed by atoms with E-state index in [1.165, 1.54) is 83.5 Å². The number of rotatable bonds is 7. The van der Waals surface area contributed by atoms with E-state index in [1.807, 2.05) is 0 Å². The van der Waals surface area contributed by atoms with E-state index in [0.29, 0.717) is 5.41 Å². The van der Waals surface area contributed by atoms with Gasteiger partial charge in [-0.3, -0.25) is 0 Å². The van der Waals surface area contributed by atoms with E-state index in [2.05, 4.69) is 39.0 Å². The van der Waals surface area contributed by atoms with Gasteiger partial charge in [0.1, 0.15) is 0 Å². The normalized spacial score (nSPS) is 23.9. The largest absolute Gasteiger partial charge is 0.0654 e. The van der Waals surface area contributed by atoms with Gasteiger partial charge in [-0.05, 0) is 78.9 Å². The van der Waals surface area contributed by atoms with Crippen molar-refractivity contribution in [3.63, 3.8) is 0 Å². The number of unbranched alkanes of at least 4 members (excludes halogenated alkanes) is 1. The lowest BCUT2D eigenvalue weighted by atomic mass is 9.66. The van der Waals surface area contributed by atoms with E-state index >= 15 is 0 Å². The van der Waals surface area contributed by atoms with Crippen LogP contribution in [0.5, 0.6) is 0 Å². The maximum atomic E-state index is 2.65. The maximum Gasteiger partial charge on any atom is -0.00469 e. The lowest BCUT2D eigenvalue weighted by molar-refractivity contribution is 0.267. The Balaban J connectivity index is 1.76. The molecule has 1 aromatic rings. The molecule has 0 saturated heterocycles. The Kier molecular flexibility index (Phi) is 6.64. The topological polar surface area (TPSA) is 0 Å². The molecule has 1 aromatic carbocycles. The van der Waals surface area contributed by atoms with Crippen molar-refractivity contribution >= 4 is 0 Å². The summed E-state index contributed by atoms with van der Waals surface area (Å²) >= 11 is 0. The predicted molar refractivity (Wildman–Crippen MR) is 110 cm³/mol. The van der Waals surface area contributed by atoms with Gasteiger partial charge in [-0.1, -0.05) is 77.5 Å². The van der Waals surface area contributed by atoms with Crippen molar-refractivity contribution < 1.29 is 0 Å². The fourth-order valence-electron chi connectivity index (χ4n) is 5.52. The van der Waals surface area contributed by atoms with Crippen LogP contribution in [0.3, 0.4) is 0 Å². The summed E-state index contributed by atoms with van der Waals surface area (Å²) in [6.45, 7) is 7.12. The summed E-state index contributed by atoms with van der Waals surface area (Å²) in [6.07, 6.45) is 18.2. The van der Waals surface area contributed by atoms with Gasteiger partial charge in [-0.25, -0.2) is 0 Å². The summed E-state index contributed by atoms with van der Waals surface area (Å²) in [5.74, 6) is 1.82. The molecule has 0 spiro atoms. The van der Waals surface area contributed by atoms with Gasteiger partial charge < -0.3 is 0 Å². The molecule has 0 heterocycles. The van der Waals surface area contributed by atoms with Crippen molar-refractivity contribution in [2.75, 3.05) is 0 Å². The number of hydrogen-bond donors (Lipinski definition) is 0. The molecule has 25 heavy (non-hydrogen) atoms. The summed E-state index contributed by atoms with van der Waals surface area (Å²) in [7, 11) is 0. The maximum absolute atomic E-state index is 2.65. The second kappa shape index (κ2) is 8.74. The van der Waals surface area contributed by atoms with Crippen molar-refractivity contribution in [2.45, 2.75) is 110 Å². The Labute approximate surface area is 156 Å². The van der Waals surface area contributed by atoms with E-state index in [4.69, 9.17) is 0 Å². The minimum atomic E-state index is 0.511. The van der Waals surface area contributed by atoms with Gasteiger partial charge >= 0.3 is 0 Å². The molecule has 2 aliphatic rings. The van der Waals surface area contributed by atoms with Crippen LogP contribution in [-0.4, -0.2) is 0 Å². The molecular weight excluding hydrogens is 300 g/mol. The zero-order chi connectivity index (χ0) is 17.7. The van der Waals surface area contributed by atoms with Crippen LogP contribution in [0.25, 0.3) is 0 Å². The molecule has 0 nitrogen and oxygen atoms in total. The molecular formula is C25H40. The number of hydrogen-bond acceptors (Lipinski definition) is 0. The second-order valence-electron chi connectivity index (χ2n) is 9.29. The van der Waals surface area contributed by atoms with Crippen molar-refractivity contribution in [3.05, 3.63) is 34.9 Å². The van der Waals surface area contributed by atoms with E-state index < -0.39 is 0 Å². The predicted octanol–water partition coefficient (Wildman–Crippen LogP) is 7.62. The Morgan fingerprint density at radius 1 is 1.08 bits per heavy atom. The van der Waals surface area contributed by atoms with Crippen LogP contribution in [0.4, 0.5) is 0 Å². The molecule has 140 valence electrons. The molecule has 3 rings (SSSR count). The summed E-state index contributed by atoms with van der Waals surface area (Å²) < 4.78 is 0. The first-order chi connectivity index (χ1) is 12.2. The smallest absolute Gasteiger partial charge is 0.00469 e. The molecule has 0 radical (unpaired) electrons. The molecule has 0 heteroatoms. The summed E-state index contributed by atoms with van der Waals surface area (Å²) in [4.78, 5) is 0. The lowest BCUT2D eigenvalue weighted by Crippen LogP contribution is -2.29. The summed E-state index contributed by atoms with van der Waals surface area (Å²) in [5.41, 5.74) is 5.57. The van der Waals surface area contributed by atoms with Crippen molar-refractivity contribution in [3.8, 4) is 0 Å². The Bertz CT molecular complexity index is 535. The van der Waals surface area contributed by atoms with Crippen LogP contribution in [0.1, 0.15) is 108 Å². The van der Waals surface area contributed by atoms with Gasteiger partial charge in [0.15, 0.2) is 0 Å². The average molecular weight is 341 g/mol. The highest BCUT2D eigenvalue weighted by molar-refractivity contribution is 5.38. The minimum absolute atomic E-state index is 0.511. The molecule has 0 bridgehead atoms. The van der Waals surface area contributed by atoms with E-state index in [-0.39, 0.29) is 0 Å². The van der Waals surface area contributed by atoms with Crippen LogP contribution in [0.15, 0.2) is 18.2 Å². The SMILES string of the molecule is CCCCC1(c2ccc3c(c2)CCC(CC(C)CC)C3)CCCCC1. The van der Waals surface area contributed by atoms with Gasteiger partial charge in [0.25, 0.3) is 0 Å². The molecule has 1 saturated carbocycles. The van der Waals surface area contributed by atoms with Gasteiger partial charge in [0, 0.05) is 0 Å². The molecule has 2 aliphatic carbocycles. The third-order valence-electron chi connectivity index (χ3n) is 7.40. The van der Waals surface area contributed by atoms with E-state index in [0.717, 1.165) is 11.8 Å². The number of aryl methyl sites for hydroxylation is 1. The molecule has 0 aliphatic heterocycles. The highest BCUT2D eigenvalue weighted by Crippen LogP contribution is 2.44. The van der Waals surface area contributed by atoms with E-state index in [1.54, 1.807) is 16.7 Å². The van der Waals surface area contributed by atoms with Crippen LogP contribution in [0, 0.1) is 11.8 Å². The third-order valence-corrected chi connectivity index (χ3v) is 7.40. The van der Waals surface area contributed by atoms with Gasteiger partial charge in [-0.15, -0.1) is 0 Å². The quantitative estimate of drug-likeness (QED) is 0.479. The monoisotopic (exact) mass is 340 g/mol. The number of benzene rings is 1. The first kappa shape index (κ1) is 19.0. The van der Waals surface area contributed by atoms with Crippen LogP contribution in [-0.2, 0) is 18.3 Å². The first-order valence-corrected chi connectivity index (χ1v) is 11.3. The van der Waals surface area contributed by atoms with Gasteiger partial charge in [-0.2, -0.15) is 0 Å². The summed E-state index contributed by atoms with van der Waals surface area (Å²) in [6, 6.07) is 7.71.